The lowest BCUT2D eigenvalue weighted by atomic mass is 10.2. The normalized spacial score (nSPS) is 19.9. The van der Waals surface area contributed by atoms with E-state index in [1.54, 1.807) is 11.1 Å². The SMILES string of the molecule is NCC1CN(CCc2cccnc2)C(=O)O1. The molecule has 1 fully saturated rings. The zero-order chi connectivity index (χ0) is 11.4. The van der Waals surface area contributed by atoms with Crippen molar-refractivity contribution in [3.05, 3.63) is 30.1 Å². The summed E-state index contributed by atoms with van der Waals surface area (Å²) in [5.74, 6) is 0. The number of pyridine rings is 1. The first kappa shape index (κ1) is 10.9. The second-order valence-electron chi connectivity index (χ2n) is 3.80. The number of hydrogen-bond acceptors (Lipinski definition) is 4. The number of nitrogens with two attached hydrogens (primary N) is 1. The molecule has 1 saturated heterocycles. The fraction of sp³-hybridized carbons (Fsp3) is 0.455. The van der Waals surface area contributed by atoms with Crippen molar-refractivity contribution in [2.24, 2.45) is 5.73 Å². The number of aromatic nitrogens is 1. The highest BCUT2D eigenvalue weighted by Crippen LogP contribution is 2.11. The second-order valence-corrected chi connectivity index (χ2v) is 3.80. The number of nitrogens with zero attached hydrogens (tertiary/aromatic N) is 2. The third kappa shape index (κ3) is 2.49. The molecule has 1 aromatic rings. The monoisotopic (exact) mass is 221 g/mol. The summed E-state index contributed by atoms with van der Waals surface area (Å²) in [6.07, 6.45) is 3.92. The van der Waals surface area contributed by atoms with Crippen molar-refractivity contribution in [1.29, 1.82) is 0 Å². The van der Waals surface area contributed by atoms with E-state index in [1.165, 1.54) is 0 Å². The predicted molar refractivity (Wildman–Crippen MR) is 58.8 cm³/mol. The topological polar surface area (TPSA) is 68.5 Å². The molecule has 2 N–H and O–H groups in total. The quantitative estimate of drug-likeness (QED) is 0.799. The van der Waals surface area contributed by atoms with Crippen molar-refractivity contribution in [1.82, 2.24) is 9.88 Å². The van der Waals surface area contributed by atoms with Crippen molar-refractivity contribution in [3.8, 4) is 0 Å². The van der Waals surface area contributed by atoms with E-state index in [4.69, 9.17) is 10.5 Å². The molecule has 16 heavy (non-hydrogen) atoms. The molecule has 1 aliphatic heterocycles. The number of cyclic esters (lactones) is 1. The Hall–Kier alpha value is -1.62. The molecule has 2 rings (SSSR count). The van der Waals surface area contributed by atoms with E-state index < -0.39 is 0 Å². The molecular weight excluding hydrogens is 206 g/mol. The van der Waals surface area contributed by atoms with E-state index in [9.17, 15) is 4.79 Å². The maximum atomic E-state index is 11.4. The Kier molecular flexibility index (Phi) is 3.36. The van der Waals surface area contributed by atoms with Crippen LogP contribution in [-0.4, -0.2) is 41.7 Å². The summed E-state index contributed by atoms with van der Waals surface area (Å²) >= 11 is 0. The molecule has 1 atom stereocenters. The summed E-state index contributed by atoms with van der Waals surface area (Å²) < 4.78 is 5.06. The fourth-order valence-electron chi connectivity index (χ4n) is 1.69. The average Bonchev–Trinajstić information content (AvgIpc) is 2.69. The van der Waals surface area contributed by atoms with E-state index in [0.717, 1.165) is 12.0 Å². The molecule has 1 amide bonds. The van der Waals surface area contributed by atoms with Crippen LogP contribution in [-0.2, 0) is 11.2 Å². The van der Waals surface area contributed by atoms with Crippen molar-refractivity contribution in [2.45, 2.75) is 12.5 Å². The fourth-order valence-corrected chi connectivity index (χ4v) is 1.69. The Morgan fingerprint density at radius 1 is 1.62 bits per heavy atom. The van der Waals surface area contributed by atoms with Crippen LogP contribution in [0.3, 0.4) is 0 Å². The lowest BCUT2D eigenvalue weighted by Gasteiger charge is -2.12. The van der Waals surface area contributed by atoms with Gasteiger partial charge in [-0.15, -0.1) is 0 Å². The van der Waals surface area contributed by atoms with Crippen LogP contribution in [0.25, 0.3) is 0 Å². The number of hydrogen-bond donors (Lipinski definition) is 1. The summed E-state index contributed by atoms with van der Waals surface area (Å²) in [5, 5.41) is 0. The summed E-state index contributed by atoms with van der Waals surface area (Å²) in [6, 6.07) is 3.88. The van der Waals surface area contributed by atoms with Gasteiger partial charge in [-0.25, -0.2) is 4.79 Å². The van der Waals surface area contributed by atoms with Crippen LogP contribution in [0, 0.1) is 0 Å². The van der Waals surface area contributed by atoms with Crippen LogP contribution < -0.4 is 5.73 Å². The zero-order valence-corrected chi connectivity index (χ0v) is 9.00. The van der Waals surface area contributed by atoms with Gasteiger partial charge in [0.2, 0.25) is 0 Å². The van der Waals surface area contributed by atoms with Gasteiger partial charge in [-0.1, -0.05) is 6.07 Å². The molecular formula is C11H15N3O2. The van der Waals surface area contributed by atoms with Crippen LogP contribution in [0.4, 0.5) is 4.79 Å². The summed E-state index contributed by atoms with van der Waals surface area (Å²) in [6.45, 7) is 1.63. The first-order chi connectivity index (χ1) is 7.79. The highest BCUT2D eigenvalue weighted by Gasteiger charge is 2.29. The number of amides is 1. The van der Waals surface area contributed by atoms with Gasteiger partial charge in [0.15, 0.2) is 0 Å². The van der Waals surface area contributed by atoms with Gasteiger partial charge < -0.3 is 15.4 Å². The van der Waals surface area contributed by atoms with Gasteiger partial charge in [0.1, 0.15) is 6.10 Å². The molecule has 1 aromatic heterocycles. The standard InChI is InChI=1S/C11H15N3O2/c12-6-10-8-14(11(15)16-10)5-3-9-2-1-4-13-7-9/h1-2,4,7,10H,3,5-6,8,12H2. The van der Waals surface area contributed by atoms with Crippen LogP contribution >= 0.6 is 0 Å². The van der Waals surface area contributed by atoms with Crippen LogP contribution in [0.5, 0.6) is 0 Å². The second kappa shape index (κ2) is 4.94. The van der Waals surface area contributed by atoms with Gasteiger partial charge in [0, 0.05) is 25.5 Å². The summed E-state index contributed by atoms with van der Waals surface area (Å²) in [5.41, 5.74) is 6.57. The molecule has 86 valence electrons. The van der Waals surface area contributed by atoms with Crippen molar-refractivity contribution >= 4 is 6.09 Å². The highest BCUT2D eigenvalue weighted by atomic mass is 16.6. The summed E-state index contributed by atoms with van der Waals surface area (Å²) in [4.78, 5) is 17.1. The molecule has 0 saturated carbocycles. The maximum absolute atomic E-state index is 11.4. The van der Waals surface area contributed by atoms with Crippen molar-refractivity contribution in [3.63, 3.8) is 0 Å². The highest BCUT2D eigenvalue weighted by molar-refractivity contribution is 5.69. The van der Waals surface area contributed by atoms with Crippen LogP contribution in [0.15, 0.2) is 24.5 Å². The van der Waals surface area contributed by atoms with E-state index in [1.807, 2.05) is 18.3 Å². The molecule has 1 unspecified atom stereocenters. The molecule has 0 aromatic carbocycles. The van der Waals surface area contributed by atoms with Crippen molar-refractivity contribution < 1.29 is 9.53 Å². The third-order valence-electron chi connectivity index (χ3n) is 2.61. The minimum Gasteiger partial charge on any atom is -0.443 e. The minimum atomic E-state index is -0.264. The van der Waals surface area contributed by atoms with E-state index in [0.29, 0.717) is 19.6 Å². The third-order valence-corrected chi connectivity index (χ3v) is 2.61. The Morgan fingerprint density at radius 2 is 2.50 bits per heavy atom. The lowest BCUT2D eigenvalue weighted by Crippen LogP contribution is -2.29. The predicted octanol–water partition coefficient (Wildman–Crippen LogP) is 0.404. The Balaban J connectivity index is 1.85. The van der Waals surface area contributed by atoms with E-state index in [-0.39, 0.29) is 12.2 Å². The molecule has 1 aliphatic rings. The van der Waals surface area contributed by atoms with Crippen molar-refractivity contribution in [2.75, 3.05) is 19.6 Å². The maximum Gasteiger partial charge on any atom is 0.410 e. The minimum absolute atomic E-state index is 0.151. The van der Waals surface area contributed by atoms with Gasteiger partial charge in [0.05, 0.1) is 6.54 Å². The summed E-state index contributed by atoms with van der Waals surface area (Å²) in [7, 11) is 0. The molecule has 0 radical (unpaired) electrons. The molecule has 5 heteroatoms. The van der Waals surface area contributed by atoms with Crippen LogP contribution in [0.1, 0.15) is 5.56 Å². The van der Waals surface area contributed by atoms with Gasteiger partial charge in [-0.2, -0.15) is 0 Å². The number of carbonyl (C=O) groups excluding carboxylic acids is 1. The lowest BCUT2D eigenvalue weighted by molar-refractivity contribution is 0.135. The van der Waals surface area contributed by atoms with Gasteiger partial charge in [-0.05, 0) is 18.1 Å². The van der Waals surface area contributed by atoms with Gasteiger partial charge >= 0.3 is 6.09 Å². The Bertz CT molecular complexity index is 356. The number of rotatable bonds is 4. The van der Waals surface area contributed by atoms with Gasteiger partial charge in [-0.3, -0.25) is 4.98 Å². The van der Waals surface area contributed by atoms with E-state index >= 15 is 0 Å². The largest absolute Gasteiger partial charge is 0.443 e. The molecule has 0 bridgehead atoms. The molecule has 2 heterocycles. The Morgan fingerprint density at radius 3 is 3.12 bits per heavy atom. The molecule has 0 spiro atoms. The smallest absolute Gasteiger partial charge is 0.410 e. The first-order valence-electron chi connectivity index (χ1n) is 5.34. The molecule has 5 nitrogen and oxygen atoms in total. The number of carbonyl (C=O) groups is 1. The van der Waals surface area contributed by atoms with Crippen LogP contribution in [0.2, 0.25) is 0 Å². The van der Waals surface area contributed by atoms with Gasteiger partial charge in [0.25, 0.3) is 0 Å². The Labute approximate surface area is 94.2 Å². The zero-order valence-electron chi connectivity index (χ0n) is 9.00. The van der Waals surface area contributed by atoms with E-state index in [2.05, 4.69) is 4.98 Å². The number of ether oxygens (including phenoxy) is 1. The molecule has 0 aliphatic carbocycles. The average molecular weight is 221 g/mol. The first-order valence-corrected chi connectivity index (χ1v) is 5.34.